The Bertz CT molecular complexity index is 258. The molecule has 1 heterocycles. The highest BCUT2D eigenvalue weighted by atomic mass is 16.6. The van der Waals surface area contributed by atoms with Crippen molar-refractivity contribution in [3.05, 3.63) is 0 Å². The fourth-order valence-corrected chi connectivity index (χ4v) is 2.07. The first kappa shape index (κ1) is 8.50. The highest BCUT2D eigenvalue weighted by molar-refractivity contribution is 5.99. The topological polar surface area (TPSA) is 87.1 Å². The van der Waals surface area contributed by atoms with Crippen molar-refractivity contribution in [1.29, 1.82) is 0 Å². The molecule has 2 N–H and O–H groups in total. The molecule has 2 aliphatic rings. The Balaban J connectivity index is 2.32. The van der Waals surface area contributed by atoms with Crippen LogP contribution in [0.2, 0.25) is 0 Å². The van der Waals surface area contributed by atoms with Gasteiger partial charge in [0.2, 0.25) is 0 Å². The second kappa shape index (κ2) is 2.45. The molecule has 0 radical (unpaired) electrons. The summed E-state index contributed by atoms with van der Waals surface area (Å²) in [6, 6.07) is 0. The lowest BCUT2D eigenvalue weighted by atomic mass is 9.74. The minimum absolute atomic E-state index is 0.138. The van der Waals surface area contributed by atoms with Gasteiger partial charge in [-0.15, -0.1) is 0 Å². The third-order valence-electron chi connectivity index (χ3n) is 2.89. The average molecular weight is 186 g/mol. The smallest absolute Gasteiger partial charge is 0.323 e. The van der Waals surface area contributed by atoms with E-state index in [1.165, 1.54) is 0 Å². The summed E-state index contributed by atoms with van der Waals surface area (Å²) >= 11 is 0. The Kier molecular flexibility index (Phi) is 1.60. The fourth-order valence-electron chi connectivity index (χ4n) is 2.07. The molecular weight excluding hydrogens is 176 g/mol. The van der Waals surface area contributed by atoms with Crippen LogP contribution in [0, 0.1) is 5.41 Å². The van der Waals surface area contributed by atoms with Gasteiger partial charge in [0.25, 0.3) is 0 Å². The van der Waals surface area contributed by atoms with E-state index in [0.29, 0.717) is 6.42 Å². The first-order valence-electron chi connectivity index (χ1n) is 4.21. The van der Waals surface area contributed by atoms with E-state index in [2.05, 4.69) is 0 Å². The highest BCUT2D eigenvalue weighted by Crippen LogP contribution is 2.49. The molecule has 1 aliphatic carbocycles. The molecule has 0 aromatic heterocycles. The van der Waals surface area contributed by atoms with Gasteiger partial charge >= 0.3 is 11.9 Å². The van der Waals surface area contributed by atoms with Crippen molar-refractivity contribution in [1.82, 2.24) is 0 Å². The highest BCUT2D eigenvalue weighted by Gasteiger charge is 2.65. The maximum absolute atomic E-state index is 10.9. The molecule has 2 unspecified atom stereocenters. The molecule has 2 fully saturated rings. The number of fused-ring (bicyclic) bond motifs is 1. The summed E-state index contributed by atoms with van der Waals surface area (Å²) in [5, 5.41) is 17.8. The summed E-state index contributed by atoms with van der Waals surface area (Å²) in [7, 11) is 0. The first-order valence-corrected chi connectivity index (χ1v) is 4.21. The normalized spacial score (nSPS) is 34.8. The third-order valence-corrected chi connectivity index (χ3v) is 2.89. The molecule has 2 atom stereocenters. The average Bonchev–Trinajstić information content (AvgIpc) is 2.80. The molecule has 1 saturated carbocycles. The van der Waals surface area contributed by atoms with Crippen molar-refractivity contribution in [3.8, 4) is 0 Å². The van der Waals surface area contributed by atoms with Gasteiger partial charge in [0.15, 0.2) is 5.41 Å². The van der Waals surface area contributed by atoms with Crippen LogP contribution in [0.1, 0.15) is 19.3 Å². The van der Waals surface area contributed by atoms with E-state index in [-0.39, 0.29) is 12.5 Å². The molecule has 1 aliphatic heterocycles. The van der Waals surface area contributed by atoms with Crippen LogP contribution in [0.3, 0.4) is 0 Å². The van der Waals surface area contributed by atoms with Crippen LogP contribution in [-0.4, -0.2) is 34.4 Å². The zero-order valence-corrected chi connectivity index (χ0v) is 6.90. The van der Waals surface area contributed by atoms with Gasteiger partial charge in [-0.05, 0) is 19.3 Å². The number of aliphatic carboxylic acids is 2. The second-order valence-electron chi connectivity index (χ2n) is 3.57. The molecule has 13 heavy (non-hydrogen) atoms. The number of carboxylic acid groups (broad SMARTS) is 2. The maximum Gasteiger partial charge on any atom is 0.323 e. The number of epoxide rings is 1. The van der Waals surface area contributed by atoms with Gasteiger partial charge in [0.1, 0.15) is 6.10 Å². The number of hydrogen-bond donors (Lipinski definition) is 2. The van der Waals surface area contributed by atoms with Crippen molar-refractivity contribution in [2.45, 2.75) is 31.5 Å². The standard InChI is InChI=1S/C8H10O5/c9-6(10)8(7(11)12)3-1-2-4-5(8)13-4/h4-5H,1-3H2,(H,9,10)(H,11,12). The van der Waals surface area contributed by atoms with E-state index < -0.39 is 23.5 Å². The molecule has 0 bridgehead atoms. The van der Waals surface area contributed by atoms with Crippen LogP contribution in [0.5, 0.6) is 0 Å². The number of ether oxygens (including phenoxy) is 1. The molecule has 5 heteroatoms. The lowest BCUT2D eigenvalue weighted by Crippen LogP contribution is -2.46. The van der Waals surface area contributed by atoms with Crippen LogP contribution in [0.25, 0.3) is 0 Å². The van der Waals surface area contributed by atoms with Crippen molar-refractivity contribution in [3.63, 3.8) is 0 Å². The molecule has 1 saturated heterocycles. The minimum Gasteiger partial charge on any atom is -0.480 e. The predicted octanol–water partition coefficient (Wildman–Crippen LogP) is 0.0933. The number of carbonyl (C=O) groups is 2. The Labute approximate surface area is 74.3 Å². The summed E-state index contributed by atoms with van der Waals surface area (Å²) in [6.45, 7) is 0. The molecule has 0 aromatic carbocycles. The van der Waals surface area contributed by atoms with Crippen LogP contribution in [0.4, 0.5) is 0 Å². The number of hydrogen-bond acceptors (Lipinski definition) is 3. The fraction of sp³-hybridized carbons (Fsp3) is 0.750. The summed E-state index contributed by atoms with van der Waals surface area (Å²) < 4.78 is 5.05. The van der Waals surface area contributed by atoms with Gasteiger partial charge in [-0.1, -0.05) is 0 Å². The van der Waals surface area contributed by atoms with E-state index in [4.69, 9.17) is 14.9 Å². The van der Waals surface area contributed by atoms with Crippen LogP contribution in [-0.2, 0) is 14.3 Å². The third kappa shape index (κ3) is 0.966. The summed E-state index contributed by atoms with van der Waals surface area (Å²) in [5.41, 5.74) is -1.68. The van der Waals surface area contributed by atoms with Gasteiger partial charge in [-0.25, -0.2) is 0 Å². The molecular formula is C8H10O5. The Morgan fingerprint density at radius 2 is 1.92 bits per heavy atom. The zero-order valence-electron chi connectivity index (χ0n) is 6.90. The minimum atomic E-state index is -1.68. The summed E-state index contributed by atoms with van der Waals surface area (Å²) in [5.74, 6) is -2.54. The molecule has 5 nitrogen and oxygen atoms in total. The molecule has 2 rings (SSSR count). The van der Waals surface area contributed by atoms with Gasteiger partial charge in [-0.3, -0.25) is 9.59 Å². The largest absolute Gasteiger partial charge is 0.480 e. The Morgan fingerprint density at radius 3 is 2.38 bits per heavy atom. The number of rotatable bonds is 2. The van der Waals surface area contributed by atoms with Gasteiger partial charge in [0.05, 0.1) is 6.10 Å². The van der Waals surface area contributed by atoms with E-state index in [1.54, 1.807) is 0 Å². The van der Waals surface area contributed by atoms with Crippen LogP contribution in [0.15, 0.2) is 0 Å². The first-order chi connectivity index (χ1) is 6.09. The van der Waals surface area contributed by atoms with E-state index in [1.807, 2.05) is 0 Å². The lowest BCUT2D eigenvalue weighted by Gasteiger charge is -2.25. The zero-order chi connectivity index (χ0) is 9.64. The van der Waals surface area contributed by atoms with Crippen LogP contribution < -0.4 is 0 Å². The lowest BCUT2D eigenvalue weighted by molar-refractivity contribution is -0.167. The predicted molar refractivity (Wildman–Crippen MR) is 40.2 cm³/mol. The van der Waals surface area contributed by atoms with Gasteiger partial charge in [0, 0.05) is 0 Å². The van der Waals surface area contributed by atoms with Gasteiger partial charge < -0.3 is 14.9 Å². The van der Waals surface area contributed by atoms with Crippen LogP contribution >= 0.6 is 0 Å². The van der Waals surface area contributed by atoms with Crippen molar-refractivity contribution < 1.29 is 24.5 Å². The van der Waals surface area contributed by atoms with Crippen molar-refractivity contribution in [2.24, 2.45) is 5.41 Å². The monoisotopic (exact) mass is 186 g/mol. The van der Waals surface area contributed by atoms with E-state index in [0.717, 1.165) is 6.42 Å². The Hall–Kier alpha value is -1.10. The molecule has 0 aromatic rings. The maximum atomic E-state index is 10.9. The van der Waals surface area contributed by atoms with Crippen molar-refractivity contribution in [2.75, 3.05) is 0 Å². The van der Waals surface area contributed by atoms with E-state index >= 15 is 0 Å². The summed E-state index contributed by atoms with van der Waals surface area (Å²) in [6.07, 6.45) is 0.836. The molecule has 0 spiro atoms. The molecule has 72 valence electrons. The van der Waals surface area contributed by atoms with Crippen molar-refractivity contribution >= 4 is 11.9 Å². The molecule has 0 amide bonds. The SMILES string of the molecule is O=C(O)C1(C(=O)O)CCCC2OC21. The number of carboxylic acids is 2. The second-order valence-corrected chi connectivity index (χ2v) is 3.57. The van der Waals surface area contributed by atoms with Gasteiger partial charge in [-0.2, -0.15) is 0 Å². The Morgan fingerprint density at radius 1 is 1.31 bits per heavy atom. The summed E-state index contributed by atoms with van der Waals surface area (Å²) in [4.78, 5) is 21.8. The van der Waals surface area contributed by atoms with E-state index in [9.17, 15) is 9.59 Å². The quantitative estimate of drug-likeness (QED) is 0.471.